The van der Waals surface area contributed by atoms with E-state index < -0.39 is 0 Å². The second-order valence-electron chi connectivity index (χ2n) is 6.91. The number of aliphatic hydroxyl groups is 1. The van der Waals surface area contributed by atoms with Gasteiger partial charge in [-0.1, -0.05) is 33.1 Å². The molecular formula is C16H31NO2. The number of nitrogens with zero attached hydrogens (tertiary/aromatic N) is 1. The van der Waals surface area contributed by atoms with Crippen molar-refractivity contribution in [2.45, 2.75) is 64.6 Å². The zero-order valence-electron chi connectivity index (χ0n) is 12.7. The Morgan fingerprint density at radius 1 is 1.11 bits per heavy atom. The Morgan fingerprint density at radius 2 is 1.74 bits per heavy atom. The lowest BCUT2D eigenvalue weighted by Crippen LogP contribution is -2.44. The highest BCUT2D eigenvalue weighted by molar-refractivity contribution is 4.77. The fourth-order valence-electron chi connectivity index (χ4n) is 3.77. The van der Waals surface area contributed by atoms with E-state index in [-0.39, 0.29) is 6.10 Å². The molecule has 3 atom stereocenters. The van der Waals surface area contributed by atoms with Crippen LogP contribution in [0, 0.1) is 11.8 Å². The molecule has 0 aromatic heterocycles. The van der Waals surface area contributed by atoms with Crippen LogP contribution in [-0.4, -0.2) is 48.5 Å². The largest absolute Gasteiger partial charge is 0.389 e. The highest BCUT2D eigenvalue weighted by Crippen LogP contribution is 2.22. The molecule has 1 saturated carbocycles. The van der Waals surface area contributed by atoms with Gasteiger partial charge in [0, 0.05) is 19.6 Å². The average molecular weight is 269 g/mol. The molecule has 1 saturated heterocycles. The summed E-state index contributed by atoms with van der Waals surface area (Å²) in [5, 5.41) is 10.1. The van der Waals surface area contributed by atoms with Gasteiger partial charge in [-0.15, -0.1) is 0 Å². The van der Waals surface area contributed by atoms with Crippen molar-refractivity contribution in [3.05, 3.63) is 0 Å². The quantitative estimate of drug-likeness (QED) is 0.833. The number of piperidine rings is 1. The Balaban J connectivity index is 1.64. The molecular weight excluding hydrogens is 238 g/mol. The lowest BCUT2D eigenvalue weighted by Gasteiger charge is -2.36. The van der Waals surface area contributed by atoms with Crippen LogP contribution in [-0.2, 0) is 4.74 Å². The lowest BCUT2D eigenvalue weighted by atomic mass is 9.92. The van der Waals surface area contributed by atoms with Crippen LogP contribution in [0.2, 0.25) is 0 Å². The van der Waals surface area contributed by atoms with Gasteiger partial charge in [0.15, 0.2) is 0 Å². The molecule has 2 aliphatic rings. The first-order chi connectivity index (χ1) is 9.13. The second-order valence-corrected chi connectivity index (χ2v) is 6.91. The minimum absolute atomic E-state index is 0.320. The van der Waals surface area contributed by atoms with Crippen molar-refractivity contribution in [3.63, 3.8) is 0 Å². The Hall–Kier alpha value is -0.120. The molecule has 1 heterocycles. The fraction of sp³-hybridized carbons (Fsp3) is 1.00. The molecule has 112 valence electrons. The van der Waals surface area contributed by atoms with Crippen LogP contribution in [0.5, 0.6) is 0 Å². The summed E-state index contributed by atoms with van der Waals surface area (Å²) in [7, 11) is 0. The minimum Gasteiger partial charge on any atom is -0.389 e. The van der Waals surface area contributed by atoms with Crippen molar-refractivity contribution >= 4 is 0 Å². The maximum atomic E-state index is 10.1. The van der Waals surface area contributed by atoms with Crippen LogP contribution in [0.25, 0.3) is 0 Å². The first-order valence-electron chi connectivity index (χ1n) is 8.15. The van der Waals surface area contributed by atoms with Gasteiger partial charge < -0.3 is 14.7 Å². The summed E-state index contributed by atoms with van der Waals surface area (Å²) in [4.78, 5) is 2.41. The number of hydrogen-bond donors (Lipinski definition) is 1. The number of likely N-dealkylation sites (tertiary alicyclic amines) is 1. The zero-order chi connectivity index (χ0) is 13.7. The first-order valence-corrected chi connectivity index (χ1v) is 8.15. The molecule has 0 aromatic rings. The van der Waals surface area contributed by atoms with Crippen LogP contribution < -0.4 is 0 Å². The molecule has 1 aliphatic heterocycles. The maximum absolute atomic E-state index is 10.1. The third-order valence-electron chi connectivity index (χ3n) is 4.49. The Kier molecular flexibility index (Phi) is 6.11. The van der Waals surface area contributed by atoms with Crippen LogP contribution in [0.1, 0.15) is 52.4 Å². The fourth-order valence-corrected chi connectivity index (χ4v) is 3.77. The average Bonchev–Trinajstić information content (AvgIpc) is 2.36. The lowest BCUT2D eigenvalue weighted by molar-refractivity contribution is -0.0382. The number of β-amino-alcohol motifs (C(OH)–C–C–N with tert-alkyl or cyclic N) is 1. The summed E-state index contributed by atoms with van der Waals surface area (Å²) in [6.45, 7) is 8.18. The van der Waals surface area contributed by atoms with E-state index in [0.29, 0.717) is 12.7 Å². The second kappa shape index (κ2) is 7.61. The Bertz CT molecular complexity index is 243. The van der Waals surface area contributed by atoms with Crippen molar-refractivity contribution in [3.8, 4) is 0 Å². The predicted octanol–water partition coefficient (Wildman–Crippen LogP) is 2.67. The molecule has 3 heteroatoms. The molecule has 0 radical (unpaired) electrons. The van der Waals surface area contributed by atoms with Gasteiger partial charge in [-0.3, -0.25) is 0 Å². The van der Waals surface area contributed by atoms with Gasteiger partial charge >= 0.3 is 0 Å². The van der Waals surface area contributed by atoms with Crippen molar-refractivity contribution in [1.82, 2.24) is 4.90 Å². The number of hydrogen-bond acceptors (Lipinski definition) is 3. The van der Waals surface area contributed by atoms with E-state index in [1.54, 1.807) is 0 Å². The van der Waals surface area contributed by atoms with Gasteiger partial charge in [0.05, 0.1) is 18.8 Å². The highest BCUT2D eigenvalue weighted by Gasteiger charge is 2.24. The molecule has 2 rings (SSSR count). The monoisotopic (exact) mass is 269 g/mol. The molecule has 0 bridgehead atoms. The molecule has 0 spiro atoms. The number of ether oxygens (including phenoxy) is 1. The van der Waals surface area contributed by atoms with Crippen molar-refractivity contribution in [2.24, 2.45) is 11.8 Å². The molecule has 1 N–H and O–H groups in total. The van der Waals surface area contributed by atoms with Gasteiger partial charge in [-0.2, -0.15) is 0 Å². The van der Waals surface area contributed by atoms with Gasteiger partial charge in [-0.05, 0) is 31.1 Å². The topological polar surface area (TPSA) is 32.7 Å². The first kappa shape index (κ1) is 15.3. The third-order valence-corrected chi connectivity index (χ3v) is 4.49. The predicted molar refractivity (Wildman–Crippen MR) is 78.2 cm³/mol. The SMILES string of the molecule is C[C@@H]1C[C@@H](C)CN(C[C@H](O)COC2CCCCC2)C1. The highest BCUT2D eigenvalue weighted by atomic mass is 16.5. The third kappa shape index (κ3) is 5.41. The summed E-state index contributed by atoms with van der Waals surface area (Å²) in [6, 6.07) is 0. The van der Waals surface area contributed by atoms with Crippen LogP contribution in [0.3, 0.4) is 0 Å². The summed E-state index contributed by atoms with van der Waals surface area (Å²) < 4.78 is 5.86. The molecule has 0 aromatic carbocycles. The van der Waals surface area contributed by atoms with Crippen LogP contribution in [0.15, 0.2) is 0 Å². The van der Waals surface area contributed by atoms with E-state index in [1.165, 1.54) is 38.5 Å². The summed E-state index contributed by atoms with van der Waals surface area (Å²) in [5.74, 6) is 1.52. The molecule has 1 aliphatic carbocycles. The minimum atomic E-state index is -0.320. The van der Waals surface area contributed by atoms with Crippen LogP contribution >= 0.6 is 0 Å². The van der Waals surface area contributed by atoms with Gasteiger partial charge in [0.2, 0.25) is 0 Å². The van der Waals surface area contributed by atoms with E-state index >= 15 is 0 Å². The normalized spacial score (nSPS) is 32.4. The molecule has 3 nitrogen and oxygen atoms in total. The van der Waals surface area contributed by atoms with E-state index in [1.807, 2.05) is 0 Å². The smallest absolute Gasteiger partial charge is 0.0900 e. The van der Waals surface area contributed by atoms with Gasteiger partial charge in [0.25, 0.3) is 0 Å². The van der Waals surface area contributed by atoms with Crippen LogP contribution in [0.4, 0.5) is 0 Å². The standard InChI is InChI=1S/C16H31NO2/c1-13-8-14(2)10-17(9-13)11-15(18)12-19-16-6-4-3-5-7-16/h13-16,18H,3-12H2,1-2H3/t13-,14-,15+/m1/s1. The molecule has 2 fully saturated rings. The van der Waals surface area contributed by atoms with Crippen molar-refractivity contribution in [2.75, 3.05) is 26.2 Å². The Morgan fingerprint density at radius 3 is 2.37 bits per heavy atom. The van der Waals surface area contributed by atoms with Gasteiger partial charge in [0.1, 0.15) is 0 Å². The number of rotatable bonds is 5. The molecule has 0 unspecified atom stereocenters. The molecule has 19 heavy (non-hydrogen) atoms. The van der Waals surface area contributed by atoms with E-state index in [9.17, 15) is 5.11 Å². The summed E-state index contributed by atoms with van der Waals surface area (Å²) in [5.41, 5.74) is 0. The van der Waals surface area contributed by atoms with Crippen molar-refractivity contribution in [1.29, 1.82) is 0 Å². The van der Waals surface area contributed by atoms with E-state index in [4.69, 9.17) is 4.74 Å². The Labute approximate surface area is 118 Å². The van der Waals surface area contributed by atoms with E-state index in [0.717, 1.165) is 31.5 Å². The number of aliphatic hydroxyl groups excluding tert-OH is 1. The van der Waals surface area contributed by atoms with Crippen molar-refractivity contribution < 1.29 is 9.84 Å². The summed E-state index contributed by atoms with van der Waals surface area (Å²) in [6.07, 6.45) is 7.72. The zero-order valence-corrected chi connectivity index (χ0v) is 12.7. The molecule has 0 amide bonds. The van der Waals surface area contributed by atoms with E-state index in [2.05, 4.69) is 18.7 Å². The summed E-state index contributed by atoms with van der Waals surface area (Å²) >= 11 is 0. The maximum Gasteiger partial charge on any atom is 0.0900 e. The van der Waals surface area contributed by atoms with Gasteiger partial charge in [-0.25, -0.2) is 0 Å².